The lowest BCUT2D eigenvalue weighted by atomic mass is 9.75. The number of rotatable bonds is 2. The molecule has 1 aliphatic carbocycles. The van der Waals surface area contributed by atoms with E-state index in [9.17, 15) is 4.79 Å². The van der Waals surface area contributed by atoms with Crippen LogP contribution in [0.25, 0.3) is 0 Å². The summed E-state index contributed by atoms with van der Waals surface area (Å²) in [7, 11) is 2.12. The Morgan fingerprint density at radius 2 is 2.30 bits per heavy atom. The smallest absolute Gasteiger partial charge is 0.194 e. The molecule has 4 N–H and O–H groups in total. The van der Waals surface area contributed by atoms with Gasteiger partial charge in [-0.1, -0.05) is 12.8 Å². The molecular weight excluding hydrogens is 270 g/mol. The van der Waals surface area contributed by atoms with Crippen molar-refractivity contribution in [3.8, 4) is 0 Å². The minimum Gasteiger partial charge on any atom is -0.326 e. The van der Waals surface area contributed by atoms with Crippen molar-refractivity contribution in [2.24, 2.45) is 11.5 Å². The average Bonchev–Trinajstić information content (AvgIpc) is 2.84. The molecule has 0 aromatic carbocycles. The molecule has 1 aromatic heterocycles. The highest BCUT2D eigenvalue weighted by Gasteiger charge is 2.42. The third kappa shape index (κ3) is 2.33. The van der Waals surface area contributed by atoms with E-state index in [1.54, 1.807) is 11.3 Å². The zero-order chi connectivity index (χ0) is 14.3. The number of hydrogen-bond acceptors (Lipinski definition) is 5. The number of hydrogen-bond donors (Lipinski definition) is 2. The van der Waals surface area contributed by atoms with Gasteiger partial charge in [0.05, 0.1) is 10.4 Å². The van der Waals surface area contributed by atoms with Crippen molar-refractivity contribution in [1.29, 1.82) is 0 Å². The van der Waals surface area contributed by atoms with Gasteiger partial charge in [0, 0.05) is 24.0 Å². The summed E-state index contributed by atoms with van der Waals surface area (Å²) in [5.41, 5.74) is 13.0. The number of carbonyl (C=O) groups excluding carboxylic acids is 1. The second kappa shape index (κ2) is 5.22. The van der Waals surface area contributed by atoms with E-state index in [0.29, 0.717) is 0 Å². The molecule has 2 atom stereocenters. The van der Waals surface area contributed by atoms with Crippen molar-refractivity contribution >= 4 is 17.1 Å². The van der Waals surface area contributed by atoms with Crippen LogP contribution in [0, 0.1) is 0 Å². The number of Topliss-reactive ketones (excluding diaryl/α,β-unsaturated/α-hetero) is 1. The largest absolute Gasteiger partial charge is 0.326 e. The monoisotopic (exact) mass is 293 g/mol. The van der Waals surface area contributed by atoms with Gasteiger partial charge in [-0.3, -0.25) is 4.79 Å². The van der Waals surface area contributed by atoms with Gasteiger partial charge in [0.2, 0.25) is 0 Å². The zero-order valence-electron chi connectivity index (χ0n) is 12.0. The van der Waals surface area contributed by atoms with Crippen LogP contribution in [0.5, 0.6) is 0 Å². The van der Waals surface area contributed by atoms with Crippen molar-refractivity contribution in [1.82, 2.24) is 4.90 Å². The molecule has 2 unspecified atom stereocenters. The molecule has 0 radical (unpaired) electrons. The zero-order valence-corrected chi connectivity index (χ0v) is 12.8. The van der Waals surface area contributed by atoms with Crippen molar-refractivity contribution < 1.29 is 4.79 Å². The number of nitrogens with two attached hydrogens (primary N) is 2. The van der Waals surface area contributed by atoms with Crippen LogP contribution in [-0.4, -0.2) is 35.9 Å². The third-order valence-corrected chi connectivity index (χ3v) is 5.90. The summed E-state index contributed by atoms with van der Waals surface area (Å²) >= 11 is 1.61. The Hall–Kier alpha value is -0.750. The van der Waals surface area contributed by atoms with Gasteiger partial charge >= 0.3 is 0 Å². The van der Waals surface area contributed by atoms with Gasteiger partial charge in [-0.2, -0.15) is 0 Å². The third-order valence-electron chi connectivity index (χ3n) is 4.74. The van der Waals surface area contributed by atoms with Crippen LogP contribution in [0.3, 0.4) is 0 Å². The first-order valence-electron chi connectivity index (χ1n) is 7.40. The fourth-order valence-corrected chi connectivity index (χ4v) is 4.62. The summed E-state index contributed by atoms with van der Waals surface area (Å²) in [5, 5.41) is 0. The molecule has 1 aromatic rings. The lowest BCUT2D eigenvalue weighted by Gasteiger charge is -2.37. The van der Waals surface area contributed by atoms with Gasteiger partial charge in [0.15, 0.2) is 5.78 Å². The predicted molar refractivity (Wildman–Crippen MR) is 82.0 cm³/mol. The van der Waals surface area contributed by atoms with Crippen molar-refractivity contribution in [3.05, 3.63) is 21.4 Å². The summed E-state index contributed by atoms with van der Waals surface area (Å²) in [6, 6.07) is 1.86. The summed E-state index contributed by atoms with van der Waals surface area (Å²) < 4.78 is 0. The van der Waals surface area contributed by atoms with Gasteiger partial charge in [0.1, 0.15) is 0 Å². The van der Waals surface area contributed by atoms with E-state index < -0.39 is 5.54 Å². The topological polar surface area (TPSA) is 72.3 Å². The number of ketones is 1. The Balaban J connectivity index is 1.87. The van der Waals surface area contributed by atoms with Gasteiger partial charge in [-0.15, -0.1) is 11.3 Å². The molecule has 1 aliphatic heterocycles. The highest BCUT2D eigenvalue weighted by molar-refractivity contribution is 7.14. The molecule has 2 heterocycles. The summed E-state index contributed by atoms with van der Waals surface area (Å²) in [4.78, 5) is 17.2. The molecule has 20 heavy (non-hydrogen) atoms. The summed E-state index contributed by atoms with van der Waals surface area (Å²) in [6.07, 6.45) is 4.69. The van der Waals surface area contributed by atoms with Crippen LogP contribution in [0.15, 0.2) is 6.07 Å². The Labute approximate surface area is 124 Å². The van der Waals surface area contributed by atoms with E-state index >= 15 is 0 Å². The van der Waals surface area contributed by atoms with E-state index in [0.717, 1.165) is 50.1 Å². The number of thiophene rings is 1. The van der Waals surface area contributed by atoms with Crippen LogP contribution < -0.4 is 11.5 Å². The normalized spacial score (nSPS) is 31.1. The first-order chi connectivity index (χ1) is 9.50. The Kier molecular flexibility index (Phi) is 3.71. The molecular formula is C15H23N3OS. The molecule has 110 valence electrons. The number of nitrogens with zero attached hydrogens (tertiary/aromatic N) is 1. The van der Waals surface area contributed by atoms with Crippen LogP contribution >= 0.6 is 11.3 Å². The van der Waals surface area contributed by atoms with E-state index in [1.165, 1.54) is 10.4 Å². The number of carbonyl (C=O) groups is 1. The molecule has 0 bridgehead atoms. The Morgan fingerprint density at radius 1 is 1.50 bits per heavy atom. The van der Waals surface area contributed by atoms with Gasteiger partial charge in [-0.05, 0) is 37.9 Å². The van der Waals surface area contributed by atoms with Gasteiger partial charge in [-0.25, -0.2) is 0 Å². The maximum absolute atomic E-state index is 12.8. The van der Waals surface area contributed by atoms with Crippen LogP contribution in [0.1, 0.15) is 45.8 Å². The molecule has 0 spiro atoms. The molecule has 1 fully saturated rings. The van der Waals surface area contributed by atoms with Crippen LogP contribution in [0.4, 0.5) is 0 Å². The van der Waals surface area contributed by atoms with Crippen molar-refractivity contribution in [2.45, 2.75) is 50.2 Å². The lowest BCUT2D eigenvalue weighted by Crippen LogP contribution is -2.62. The fourth-order valence-electron chi connectivity index (χ4n) is 3.30. The van der Waals surface area contributed by atoms with E-state index in [-0.39, 0.29) is 11.8 Å². The lowest BCUT2D eigenvalue weighted by molar-refractivity contribution is 0.0827. The molecule has 1 saturated carbocycles. The maximum Gasteiger partial charge on any atom is 0.194 e. The fraction of sp³-hybridized carbons (Fsp3) is 0.667. The number of fused-ring (bicyclic) bond motifs is 1. The molecule has 0 amide bonds. The molecule has 4 nitrogen and oxygen atoms in total. The minimum atomic E-state index is -0.850. The average molecular weight is 293 g/mol. The standard InChI is InChI=1S/C15H23N3OS/c1-18-7-5-10-8-11(20-12(10)9-18)14(19)15(17)6-3-2-4-13(15)16/h8,13H,2-7,9,16-17H2,1H3. The van der Waals surface area contributed by atoms with Crippen LogP contribution in [-0.2, 0) is 13.0 Å². The van der Waals surface area contributed by atoms with E-state index in [2.05, 4.69) is 18.0 Å². The quantitative estimate of drug-likeness (QED) is 0.811. The first kappa shape index (κ1) is 14.2. The van der Waals surface area contributed by atoms with E-state index in [4.69, 9.17) is 11.5 Å². The molecule has 0 saturated heterocycles. The second-order valence-corrected chi connectivity index (χ2v) is 7.41. The Bertz CT molecular complexity index is 527. The molecule has 5 heteroatoms. The predicted octanol–water partition coefficient (Wildman–Crippen LogP) is 1.52. The Morgan fingerprint density at radius 3 is 3.05 bits per heavy atom. The maximum atomic E-state index is 12.8. The summed E-state index contributed by atoms with van der Waals surface area (Å²) in [6.45, 7) is 2.00. The van der Waals surface area contributed by atoms with Gasteiger partial charge < -0.3 is 16.4 Å². The second-order valence-electron chi connectivity index (χ2n) is 6.27. The summed E-state index contributed by atoms with van der Waals surface area (Å²) in [5.74, 6) is 0.0618. The van der Waals surface area contributed by atoms with Crippen molar-refractivity contribution in [2.75, 3.05) is 13.6 Å². The molecule has 3 rings (SSSR count). The van der Waals surface area contributed by atoms with Crippen LogP contribution in [0.2, 0.25) is 0 Å². The van der Waals surface area contributed by atoms with Crippen molar-refractivity contribution in [3.63, 3.8) is 0 Å². The van der Waals surface area contributed by atoms with Gasteiger partial charge in [0.25, 0.3) is 0 Å². The highest BCUT2D eigenvalue weighted by Crippen LogP contribution is 2.34. The SMILES string of the molecule is CN1CCc2cc(C(=O)C3(N)CCCCC3N)sc2C1. The minimum absolute atomic E-state index is 0.0618. The number of likely N-dealkylation sites (N-methyl/N-ethyl adjacent to an activating group) is 1. The molecule has 2 aliphatic rings. The highest BCUT2D eigenvalue weighted by atomic mass is 32.1. The first-order valence-corrected chi connectivity index (χ1v) is 8.22. The van der Waals surface area contributed by atoms with E-state index in [1.807, 2.05) is 0 Å².